The maximum atomic E-state index is 6.07. The molecule has 0 N–H and O–H groups in total. The molecule has 0 spiro atoms. The minimum Gasteiger partial charge on any atom is -0.493 e. The van der Waals surface area contributed by atoms with E-state index in [4.69, 9.17) is 9.72 Å². The highest BCUT2D eigenvalue weighted by molar-refractivity contribution is 5.76. The zero-order valence-corrected chi connectivity index (χ0v) is 17.5. The van der Waals surface area contributed by atoms with Crippen molar-refractivity contribution in [1.29, 1.82) is 0 Å². The van der Waals surface area contributed by atoms with Gasteiger partial charge in [-0.15, -0.1) is 0 Å². The quantitative estimate of drug-likeness (QED) is 0.364. The van der Waals surface area contributed by atoms with E-state index in [0.29, 0.717) is 6.61 Å². The number of nitrogens with zero attached hydrogens (tertiary/aromatic N) is 2. The van der Waals surface area contributed by atoms with Crippen molar-refractivity contribution >= 4 is 11.0 Å². The maximum absolute atomic E-state index is 6.07. The van der Waals surface area contributed by atoms with Gasteiger partial charge in [0.1, 0.15) is 11.6 Å². The predicted molar refractivity (Wildman–Crippen MR) is 120 cm³/mol. The Morgan fingerprint density at radius 3 is 2.52 bits per heavy atom. The van der Waals surface area contributed by atoms with Crippen molar-refractivity contribution in [3.63, 3.8) is 0 Å². The van der Waals surface area contributed by atoms with Crippen molar-refractivity contribution in [3.05, 3.63) is 94.8 Å². The number of benzene rings is 3. The van der Waals surface area contributed by atoms with Crippen molar-refractivity contribution in [2.75, 3.05) is 6.61 Å². The highest BCUT2D eigenvalue weighted by Crippen LogP contribution is 2.22. The number of hydrogen-bond acceptors (Lipinski definition) is 2. The van der Waals surface area contributed by atoms with Gasteiger partial charge in [0.2, 0.25) is 0 Å². The van der Waals surface area contributed by atoms with Gasteiger partial charge in [0.15, 0.2) is 0 Å². The number of para-hydroxylation sites is 2. The van der Waals surface area contributed by atoms with Gasteiger partial charge in [-0.3, -0.25) is 0 Å². The summed E-state index contributed by atoms with van der Waals surface area (Å²) < 4.78 is 8.43. The monoisotopic (exact) mass is 384 g/mol. The molecule has 0 bridgehead atoms. The molecule has 1 heterocycles. The number of hydrogen-bond donors (Lipinski definition) is 0. The van der Waals surface area contributed by atoms with E-state index in [0.717, 1.165) is 36.5 Å². The average Bonchev–Trinajstić information content (AvgIpc) is 3.06. The highest BCUT2D eigenvalue weighted by atomic mass is 16.5. The molecule has 148 valence electrons. The molecule has 1 aromatic heterocycles. The Balaban J connectivity index is 1.51. The summed E-state index contributed by atoms with van der Waals surface area (Å²) in [6.45, 7) is 7.95. The van der Waals surface area contributed by atoms with E-state index in [1.807, 2.05) is 0 Å². The Bertz CT molecular complexity index is 1130. The standard InChI is InChI=1S/C26H28N2O/c1-19-13-14-21(3)25(17-19)29-16-8-15-28-24-12-7-6-11-23(24)27-26(28)18-22-10-5-4-9-20(22)2/h4-7,9-14,17H,8,15-16,18H2,1-3H3. The molecule has 0 unspecified atom stereocenters. The molecule has 3 heteroatoms. The summed E-state index contributed by atoms with van der Waals surface area (Å²) >= 11 is 0. The van der Waals surface area contributed by atoms with E-state index in [9.17, 15) is 0 Å². The molecule has 0 saturated carbocycles. The first-order valence-corrected chi connectivity index (χ1v) is 10.3. The normalized spacial score (nSPS) is 11.1. The highest BCUT2D eigenvalue weighted by Gasteiger charge is 2.12. The fraction of sp³-hybridized carbons (Fsp3) is 0.269. The molecule has 0 aliphatic carbocycles. The van der Waals surface area contributed by atoms with E-state index in [1.165, 1.54) is 27.8 Å². The molecule has 0 saturated heterocycles. The van der Waals surface area contributed by atoms with Crippen molar-refractivity contribution in [3.8, 4) is 5.75 Å². The average molecular weight is 385 g/mol. The second-order valence-electron chi connectivity index (χ2n) is 7.74. The maximum Gasteiger partial charge on any atom is 0.122 e. The van der Waals surface area contributed by atoms with Gasteiger partial charge < -0.3 is 9.30 Å². The van der Waals surface area contributed by atoms with Crippen LogP contribution in [-0.2, 0) is 13.0 Å². The summed E-state index contributed by atoms with van der Waals surface area (Å²) in [7, 11) is 0. The minimum atomic E-state index is 0.695. The number of rotatable bonds is 7. The van der Waals surface area contributed by atoms with E-state index < -0.39 is 0 Å². The fourth-order valence-corrected chi connectivity index (χ4v) is 3.76. The number of ether oxygens (including phenoxy) is 1. The van der Waals surface area contributed by atoms with Crippen LogP contribution in [-0.4, -0.2) is 16.2 Å². The van der Waals surface area contributed by atoms with Crippen LogP contribution in [0.25, 0.3) is 11.0 Å². The largest absolute Gasteiger partial charge is 0.493 e. The van der Waals surface area contributed by atoms with Gasteiger partial charge in [-0.05, 0) is 67.6 Å². The SMILES string of the molecule is Cc1ccc(C)c(OCCCn2c(Cc3ccccc3C)nc3ccccc32)c1. The topological polar surface area (TPSA) is 27.1 Å². The lowest BCUT2D eigenvalue weighted by Gasteiger charge is -2.13. The van der Waals surface area contributed by atoms with Crippen LogP contribution in [0.5, 0.6) is 5.75 Å². The molecule has 29 heavy (non-hydrogen) atoms. The summed E-state index contributed by atoms with van der Waals surface area (Å²) in [5.41, 5.74) is 7.31. The molecule has 0 amide bonds. The van der Waals surface area contributed by atoms with Gasteiger partial charge in [-0.2, -0.15) is 0 Å². The summed E-state index contributed by atoms with van der Waals surface area (Å²) in [4.78, 5) is 4.93. The summed E-state index contributed by atoms with van der Waals surface area (Å²) in [5, 5.41) is 0. The van der Waals surface area contributed by atoms with Crippen molar-refractivity contribution < 1.29 is 4.74 Å². The van der Waals surface area contributed by atoms with Crippen LogP contribution in [0.2, 0.25) is 0 Å². The number of imidazole rings is 1. The predicted octanol–water partition coefficient (Wildman–Crippen LogP) is 6.02. The first-order chi connectivity index (χ1) is 14.1. The van der Waals surface area contributed by atoms with Gasteiger partial charge in [0.25, 0.3) is 0 Å². The van der Waals surface area contributed by atoms with Crippen LogP contribution >= 0.6 is 0 Å². The zero-order valence-electron chi connectivity index (χ0n) is 17.5. The molecule has 3 aromatic carbocycles. The van der Waals surface area contributed by atoms with Crippen molar-refractivity contribution in [2.45, 2.75) is 40.2 Å². The third kappa shape index (κ3) is 4.34. The molecule has 0 fully saturated rings. The van der Waals surface area contributed by atoms with E-state index in [-0.39, 0.29) is 0 Å². The van der Waals surface area contributed by atoms with Crippen LogP contribution in [0.15, 0.2) is 66.7 Å². The van der Waals surface area contributed by atoms with Gasteiger partial charge in [-0.25, -0.2) is 4.98 Å². The Morgan fingerprint density at radius 1 is 0.862 bits per heavy atom. The van der Waals surface area contributed by atoms with Gasteiger partial charge >= 0.3 is 0 Å². The summed E-state index contributed by atoms with van der Waals surface area (Å²) in [5.74, 6) is 2.10. The first kappa shape index (κ1) is 19.3. The van der Waals surface area contributed by atoms with Gasteiger partial charge in [-0.1, -0.05) is 48.5 Å². The minimum absolute atomic E-state index is 0.695. The lowest BCUT2D eigenvalue weighted by atomic mass is 10.1. The third-order valence-electron chi connectivity index (χ3n) is 5.47. The van der Waals surface area contributed by atoms with Crippen LogP contribution in [0.4, 0.5) is 0 Å². The van der Waals surface area contributed by atoms with Crippen LogP contribution in [0.1, 0.15) is 34.5 Å². The lowest BCUT2D eigenvalue weighted by Crippen LogP contribution is -2.09. The lowest BCUT2D eigenvalue weighted by molar-refractivity contribution is 0.300. The van der Waals surface area contributed by atoms with Crippen LogP contribution in [0.3, 0.4) is 0 Å². The summed E-state index contributed by atoms with van der Waals surface area (Å²) in [6, 6.07) is 23.3. The van der Waals surface area contributed by atoms with E-state index >= 15 is 0 Å². The van der Waals surface area contributed by atoms with Gasteiger partial charge in [0, 0.05) is 13.0 Å². The molecule has 3 nitrogen and oxygen atoms in total. The second-order valence-corrected chi connectivity index (χ2v) is 7.74. The molecule has 0 aliphatic rings. The Hall–Kier alpha value is -3.07. The molecule has 0 aliphatic heterocycles. The second kappa shape index (κ2) is 8.52. The van der Waals surface area contributed by atoms with Crippen LogP contribution < -0.4 is 4.74 Å². The Morgan fingerprint density at radius 2 is 1.66 bits per heavy atom. The molecule has 4 rings (SSSR count). The fourth-order valence-electron chi connectivity index (χ4n) is 3.76. The summed E-state index contributed by atoms with van der Waals surface area (Å²) in [6.07, 6.45) is 1.79. The molecular weight excluding hydrogens is 356 g/mol. The van der Waals surface area contributed by atoms with Crippen molar-refractivity contribution in [2.24, 2.45) is 0 Å². The van der Waals surface area contributed by atoms with Gasteiger partial charge in [0.05, 0.1) is 17.6 Å². The molecule has 4 aromatic rings. The number of fused-ring (bicyclic) bond motifs is 1. The Kier molecular flexibility index (Phi) is 5.66. The smallest absolute Gasteiger partial charge is 0.122 e. The molecular formula is C26H28N2O. The van der Waals surface area contributed by atoms with E-state index in [2.05, 4.69) is 92.1 Å². The molecule has 0 atom stereocenters. The molecule has 0 radical (unpaired) electrons. The number of aromatic nitrogens is 2. The van der Waals surface area contributed by atoms with E-state index in [1.54, 1.807) is 0 Å². The Labute approximate surface area is 173 Å². The van der Waals surface area contributed by atoms with Crippen molar-refractivity contribution in [1.82, 2.24) is 9.55 Å². The first-order valence-electron chi connectivity index (χ1n) is 10.3. The number of aryl methyl sites for hydroxylation is 4. The third-order valence-corrected chi connectivity index (χ3v) is 5.47. The zero-order chi connectivity index (χ0) is 20.2. The van der Waals surface area contributed by atoms with Crippen LogP contribution in [0, 0.1) is 20.8 Å².